The first-order valence-electron chi connectivity index (χ1n) is 7.92. The highest BCUT2D eigenvalue weighted by atomic mass is 35.5. The molecule has 2 rings (SSSR count). The number of ether oxygens (including phenoxy) is 1. The molecule has 25 heavy (non-hydrogen) atoms. The first-order chi connectivity index (χ1) is 11.6. The summed E-state index contributed by atoms with van der Waals surface area (Å²) in [5, 5.41) is 2.67. The minimum atomic E-state index is -0.632. The molecule has 134 valence electrons. The van der Waals surface area contributed by atoms with Crippen molar-refractivity contribution in [3.63, 3.8) is 0 Å². The van der Waals surface area contributed by atoms with Crippen LogP contribution in [-0.4, -0.2) is 24.5 Å². The number of nitrogens with one attached hydrogen (secondary N) is 1. The van der Waals surface area contributed by atoms with Gasteiger partial charge in [0.15, 0.2) is 0 Å². The molecule has 1 amide bonds. The molecular formula is C19H23ClN2O3. The maximum absolute atomic E-state index is 11.9. The second-order valence-corrected chi connectivity index (χ2v) is 5.48. The molecule has 0 aliphatic rings. The summed E-state index contributed by atoms with van der Waals surface area (Å²) in [6, 6.07) is 18.4. The number of carbonyl (C=O) groups is 2. The number of hydrogen-bond donors (Lipinski definition) is 2. The van der Waals surface area contributed by atoms with Gasteiger partial charge in [0.2, 0.25) is 5.91 Å². The fraction of sp³-hybridized carbons (Fsp3) is 0.263. The third-order valence-electron chi connectivity index (χ3n) is 3.51. The second-order valence-electron chi connectivity index (χ2n) is 5.48. The Labute approximate surface area is 154 Å². The standard InChI is InChI=1S/C19H22N2O3.ClH/c20-17(13-15-7-3-1-4-8-15)19(23)21-12-11-18(22)24-14-16-9-5-2-6-10-16;/h1-10,17H,11-14,20H2,(H,21,23);1H. The zero-order valence-electron chi connectivity index (χ0n) is 13.9. The van der Waals surface area contributed by atoms with Gasteiger partial charge >= 0.3 is 5.97 Å². The van der Waals surface area contributed by atoms with Gasteiger partial charge in [-0.2, -0.15) is 0 Å². The molecule has 1 atom stereocenters. The third-order valence-corrected chi connectivity index (χ3v) is 3.51. The van der Waals surface area contributed by atoms with Crippen molar-refractivity contribution in [2.45, 2.75) is 25.5 Å². The quantitative estimate of drug-likeness (QED) is 0.705. The Hall–Kier alpha value is -2.37. The van der Waals surface area contributed by atoms with E-state index in [2.05, 4.69) is 5.32 Å². The number of amides is 1. The Kier molecular flexibility index (Phi) is 9.29. The van der Waals surface area contributed by atoms with Crippen LogP contribution in [0.15, 0.2) is 60.7 Å². The number of rotatable bonds is 8. The summed E-state index contributed by atoms with van der Waals surface area (Å²) in [6.07, 6.45) is 0.585. The van der Waals surface area contributed by atoms with E-state index in [1.54, 1.807) is 0 Å². The van der Waals surface area contributed by atoms with Crippen molar-refractivity contribution in [3.8, 4) is 0 Å². The van der Waals surface area contributed by atoms with Crippen LogP contribution in [0, 0.1) is 0 Å². The SMILES string of the molecule is Cl.NC(Cc1ccccc1)C(=O)NCCC(=O)OCc1ccccc1. The molecular weight excluding hydrogens is 340 g/mol. The van der Waals surface area contributed by atoms with Gasteiger partial charge in [0.05, 0.1) is 12.5 Å². The molecule has 0 aromatic heterocycles. The van der Waals surface area contributed by atoms with Crippen LogP contribution >= 0.6 is 12.4 Å². The molecule has 6 heteroatoms. The highest BCUT2D eigenvalue weighted by Gasteiger charge is 2.14. The molecule has 0 saturated carbocycles. The van der Waals surface area contributed by atoms with Crippen LogP contribution in [0.1, 0.15) is 17.5 Å². The van der Waals surface area contributed by atoms with E-state index in [0.29, 0.717) is 6.42 Å². The predicted molar refractivity (Wildman–Crippen MR) is 99.2 cm³/mol. The lowest BCUT2D eigenvalue weighted by Gasteiger charge is -2.12. The Bertz CT molecular complexity index is 650. The summed E-state index contributed by atoms with van der Waals surface area (Å²) in [5.74, 6) is -0.620. The van der Waals surface area contributed by atoms with Gasteiger partial charge < -0.3 is 15.8 Å². The lowest BCUT2D eigenvalue weighted by Crippen LogP contribution is -2.42. The van der Waals surface area contributed by atoms with Gasteiger partial charge in [-0.3, -0.25) is 9.59 Å². The zero-order valence-corrected chi connectivity index (χ0v) is 14.7. The number of hydrogen-bond acceptors (Lipinski definition) is 4. The van der Waals surface area contributed by atoms with Crippen LogP contribution in [0.5, 0.6) is 0 Å². The molecule has 0 spiro atoms. The second kappa shape index (κ2) is 11.2. The Morgan fingerprint density at radius 2 is 1.52 bits per heavy atom. The monoisotopic (exact) mass is 362 g/mol. The molecule has 0 bridgehead atoms. The Morgan fingerprint density at radius 3 is 2.12 bits per heavy atom. The molecule has 0 heterocycles. The molecule has 0 aliphatic heterocycles. The molecule has 2 aromatic rings. The van der Waals surface area contributed by atoms with Gasteiger partial charge in [0.1, 0.15) is 6.61 Å². The number of carbonyl (C=O) groups excluding carboxylic acids is 2. The molecule has 5 nitrogen and oxygen atoms in total. The zero-order chi connectivity index (χ0) is 17.2. The van der Waals surface area contributed by atoms with E-state index >= 15 is 0 Å². The van der Waals surface area contributed by atoms with Crippen LogP contribution < -0.4 is 11.1 Å². The first-order valence-corrected chi connectivity index (χ1v) is 7.92. The van der Waals surface area contributed by atoms with E-state index in [9.17, 15) is 9.59 Å². The number of halogens is 1. The Balaban J connectivity index is 0.00000312. The van der Waals surface area contributed by atoms with Crippen LogP contribution in [0.4, 0.5) is 0 Å². The van der Waals surface area contributed by atoms with Gasteiger partial charge in [0.25, 0.3) is 0 Å². The molecule has 0 radical (unpaired) electrons. The summed E-state index contributed by atoms with van der Waals surface area (Å²) < 4.78 is 5.14. The highest BCUT2D eigenvalue weighted by molar-refractivity contribution is 5.85. The Morgan fingerprint density at radius 1 is 0.960 bits per heavy atom. The summed E-state index contributed by atoms with van der Waals surface area (Å²) in [6.45, 7) is 0.454. The van der Waals surface area contributed by atoms with Gasteiger partial charge in [-0.15, -0.1) is 12.4 Å². The van der Waals surface area contributed by atoms with Gasteiger partial charge in [0, 0.05) is 6.54 Å². The topological polar surface area (TPSA) is 81.4 Å². The van der Waals surface area contributed by atoms with E-state index < -0.39 is 6.04 Å². The smallest absolute Gasteiger partial charge is 0.307 e. The summed E-state index contributed by atoms with van der Waals surface area (Å²) in [5.41, 5.74) is 7.81. The fourth-order valence-electron chi connectivity index (χ4n) is 2.19. The maximum atomic E-state index is 11.9. The lowest BCUT2D eigenvalue weighted by molar-refractivity contribution is -0.144. The molecule has 2 aromatic carbocycles. The van der Waals surface area contributed by atoms with Crippen molar-refractivity contribution >= 4 is 24.3 Å². The van der Waals surface area contributed by atoms with Crippen molar-refractivity contribution in [1.29, 1.82) is 0 Å². The molecule has 3 N–H and O–H groups in total. The average Bonchev–Trinajstić information content (AvgIpc) is 2.61. The largest absolute Gasteiger partial charge is 0.461 e. The normalized spacial score (nSPS) is 11.1. The van der Waals surface area contributed by atoms with Gasteiger partial charge in [-0.25, -0.2) is 0 Å². The van der Waals surface area contributed by atoms with E-state index in [-0.39, 0.29) is 43.9 Å². The molecule has 0 fully saturated rings. The van der Waals surface area contributed by atoms with Crippen molar-refractivity contribution in [1.82, 2.24) is 5.32 Å². The van der Waals surface area contributed by atoms with E-state index in [1.165, 1.54) is 0 Å². The van der Waals surface area contributed by atoms with Crippen molar-refractivity contribution in [3.05, 3.63) is 71.8 Å². The molecule has 0 saturated heterocycles. The van der Waals surface area contributed by atoms with Crippen LogP contribution in [0.3, 0.4) is 0 Å². The van der Waals surface area contributed by atoms with Crippen molar-refractivity contribution in [2.24, 2.45) is 5.73 Å². The van der Waals surface area contributed by atoms with E-state index in [4.69, 9.17) is 10.5 Å². The number of nitrogens with two attached hydrogens (primary N) is 1. The number of benzene rings is 2. The predicted octanol–water partition coefficient (Wildman–Crippen LogP) is 2.23. The van der Waals surface area contributed by atoms with Crippen molar-refractivity contribution in [2.75, 3.05) is 6.54 Å². The highest BCUT2D eigenvalue weighted by Crippen LogP contribution is 2.03. The summed E-state index contributed by atoms with van der Waals surface area (Å²) >= 11 is 0. The lowest BCUT2D eigenvalue weighted by atomic mass is 10.1. The summed E-state index contributed by atoms with van der Waals surface area (Å²) in [7, 11) is 0. The maximum Gasteiger partial charge on any atom is 0.307 e. The molecule has 1 unspecified atom stereocenters. The third kappa shape index (κ3) is 7.83. The fourth-order valence-corrected chi connectivity index (χ4v) is 2.19. The van der Waals surface area contributed by atoms with Gasteiger partial charge in [-0.05, 0) is 17.5 Å². The van der Waals surface area contributed by atoms with E-state index in [0.717, 1.165) is 11.1 Å². The summed E-state index contributed by atoms with van der Waals surface area (Å²) in [4.78, 5) is 23.6. The van der Waals surface area contributed by atoms with Crippen LogP contribution in [0.25, 0.3) is 0 Å². The van der Waals surface area contributed by atoms with E-state index in [1.807, 2.05) is 60.7 Å². The first kappa shape index (κ1) is 20.7. The number of esters is 1. The minimum Gasteiger partial charge on any atom is -0.461 e. The average molecular weight is 363 g/mol. The molecule has 0 aliphatic carbocycles. The van der Waals surface area contributed by atoms with Crippen LogP contribution in [0.2, 0.25) is 0 Å². The minimum absolute atomic E-state index is 0. The van der Waals surface area contributed by atoms with Gasteiger partial charge in [-0.1, -0.05) is 60.7 Å². The van der Waals surface area contributed by atoms with Crippen LogP contribution in [-0.2, 0) is 27.4 Å². The van der Waals surface area contributed by atoms with Crippen molar-refractivity contribution < 1.29 is 14.3 Å².